The summed E-state index contributed by atoms with van der Waals surface area (Å²) < 4.78 is 38.3. The standard InChI is InChI=1S/C28H24ClF3N4O3S/c29-21-4-2-1-3-20(15-21)24-17-40-27(34-24)36(23-11-9-22(10-12-23)35-28(30,31)32)16-18-5-7-19(8-6-18)26(39)33-14-13-25(37)38/h1-3,5-12,15,17,35H,4,13-14,16H2,(H,33,39)(H,37,38). The number of anilines is 3. The maximum atomic E-state index is 12.8. The van der Waals surface area contributed by atoms with Crippen LogP contribution in [0, 0.1) is 0 Å². The lowest BCUT2D eigenvalue weighted by Crippen LogP contribution is -2.26. The van der Waals surface area contributed by atoms with E-state index in [2.05, 4.69) is 5.32 Å². The first-order chi connectivity index (χ1) is 19.1. The van der Waals surface area contributed by atoms with Gasteiger partial charge in [0.25, 0.3) is 5.91 Å². The number of nitrogens with zero attached hydrogens (tertiary/aromatic N) is 2. The Morgan fingerprint density at radius 1 is 1.10 bits per heavy atom. The third-order valence-corrected chi connectivity index (χ3v) is 6.83. The number of amides is 1. The molecular formula is C28H24ClF3N4O3S. The number of carboxylic acid groups (broad SMARTS) is 1. The van der Waals surface area contributed by atoms with E-state index in [-0.39, 0.29) is 24.6 Å². The van der Waals surface area contributed by atoms with E-state index in [9.17, 15) is 22.8 Å². The Kier molecular flexibility index (Phi) is 9.28. The Balaban J connectivity index is 1.59. The minimum atomic E-state index is -4.55. The van der Waals surface area contributed by atoms with Crippen molar-refractivity contribution in [3.63, 3.8) is 0 Å². The zero-order chi connectivity index (χ0) is 28.7. The van der Waals surface area contributed by atoms with Gasteiger partial charge in [-0.3, -0.25) is 14.9 Å². The van der Waals surface area contributed by atoms with Crippen LogP contribution in [0.1, 0.15) is 34.5 Å². The molecule has 12 heteroatoms. The minimum Gasteiger partial charge on any atom is -0.481 e. The molecule has 3 N–H and O–H groups in total. The lowest BCUT2D eigenvalue weighted by molar-refractivity contribution is -0.136. The van der Waals surface area contributed by atoms with Crippen LogP contribution in [-0.2, 0) is 11.3 Å². The van der Waals surface area contributed by atoms with Crippen molar-refractivity contribution in [1.82, 2.24) is 10.3 Å². The Morgan fingerprint density at radius 3 is 2.50 bits per heavy atom. The summed E-state index contributed by atoms with van der Waals surface area (Å²) in [5.74, 6) is -1.39. The van der Waals surface area contributed by atoms with E-state index in [4.69, 9.17) is 21.7 Å². The first kappa shape index (κ1) is 28.9. The van der Waals surface area contributed by atoms with E-state index in [1.807, 2.05) is 34.6 Å². The summed E-state index contributed by atoms with van der Waals surface area (Å²) in [6.07, 6.45) is 3.50. The Bertz CT molecular complexity index is 1450. The Morgan fingerprint density at radius 2 is 1.82 bits per heavy atom. The van der Waals surface area contributed by atoms with Crippen LogP contribution in [0.4, 0.5) is 29.7 Å². The van der Waals surface area contributed by atoms with Crippen molar-refractivity contribution in [1.29, 1.82) is 0 Å². The van der Waals surface area contributed by atoms with Gasteiger partial charge in [0.05, 0.1) is 18.7 Å². The van der Waals surface area contributed by atoms with Crippen LogP contribution >= 0.6 is 22.9 Å². The second-order valence-corrected chi connectivity index (χ2v) is 10.0. The molecule has 208 valence electrons. The summed E-state index contributed by atoms with van der Waals surface area (Å²) in [7, 11) is 0. The number of carboxylic acids is 1. The number of carbonyl (C=O) groups is 2. The lowest BCUT2D eigenvalue weighted by Gasteiger charge is -2.23. The van der Waals surface area contributed by atoms with Crippen LogP contribution in [0.2, 0.25) is 0 Å². The molecule has 1 aliphatic rings. The van der Waals surface area contributed by atoms with Gasteiger partial charge in [0, 0.05) is 45.9 Å². The molecule has 0 aliphatic heterocycles. The number of allylic oxidation sites excluding steroid dienone is 6. The van der Waals surface area contributed by atoms with Crippen molar-refractivity contribution in [2.75, 3.05) is 16.8 Å². The normalized spacial score (nSPS) is 13.2. The summed E-state index contributed by atoms with van der Waals surface area (Å²) in [6.45, 7) is 0.331. The quantitative estimate of drug-likeness (QED) is 0.219. The zero-order valence-corrected chi connectivity index (χ0v) is 22.5. The fraction of sp³-hybridized carbons (Fsp3) is 0.179. The van der Waals surface area contributed by atoms with Crippen LogP contribution < -0.4 is 15.5 Å². The number of benzene rings is 2. The van der Waals surface area contributed by atoms with Gasteiger partial charge in [0.15, 0.2) is 5.13 Å². The van der Waals surface area contributed by atoms with E-state index in [0.29, 0.717) is 40.1 Å². The predicted molar refractivity (Wildman–Crippen MR) is 151 cm³/mol. The molecule has 0 unspecified atom stereocenters. The molecule has 1 aromatic heterocycles. The summed E-state index contributed by atoms with van der Waals surface area (Å²) in [5.41, 5.74) is 3.26. The monoisotopic (exact) mass is 588 g/mol. The maximum absolute atomic E-state index is 12.8. The van der Waals surface area contributed by atoms with Crippen molar-refractivity contribution in [2.24, 2.45) is 0 Å². The molecule has 7 nitrogen and oxygen atoms in total. The highest BCUT2D eigenvalue weighted by Crippen LogP contribution is 2.34. The number of aliphatic carboxylic acids is 1. The van der Waals surface area contributed by atoms with Gasteiger partial charge in [0.2, 0.25) is 0 Å². The number of aromatic nitrogens is 1. The third-order valence-electron chi connectivity index (χ3n) is 5.70. The number of rotatable bonds is 10. The highest BCUT2D eigenvalue weighted by molar-refractivity contribution is 7.14. The summed E-state index contributed by atoms with van der Waals surface area (Å²) in [6, 6.07) is 12.6. The second-order valence-electron chi connectivity index (χ2n) is 8.71. The van der Waals surface area contributed by atoms with Gasteiger partial charge >= 0.3 is 12.3 Å². The van der Waals surface area contributed by atoms with Gasteiger partial charge < -0.3 is 15.3 Å². The second kappa shape index (κ2) is 12.8. The molecule has 0 saturated carbocycles. The van der Waals surface area contributed by atoms with Gasteiger partial charge in [-0.05, 0) is 48.0 Å². The fourth-order valence-electron chi connectivity index (χ4n) is 3.80. The molecule has 1 amide bonds. The topological polar surface area (TPSA) is 94.6 Å². The van der Waals surface area contributed by atoms with Gasteiger partial charge in [-0.1, -0.05) is 42.0 Å². The number of hydrogen-bond acceptors (Lipinski definition) is 6. The molecule has 40 heavy (non-hydrogen) atoms. The van der Waals surface area contributed by atoms with E-state index in [1.165, 1.54) is 28.8 Å². The molecule has 4 rings (SSSR count). The molecule has 2 aromatic carbocycles. The van der Waals surface area contributed by atoms with E-state index in [1.54, 1.807) is 36.4 Å². The SMILES string of the molecule is O=C(O)CCNC(=O)c1ccc(CN(c2ccc(NC(F)(F)F)cc2)c2nc(C3=CC=CCC(Cl)=C3)cs2)cc1. The predicted octanol–water partition coefficient (Wildman–Crippen LogP) is 7.08. The van der Waals surface area contributed by atoms with Crippen LogP contribution in [0.15, 0.2) is 83.2 Å². The molecule has 0 radical (unpaired) electrons. The molecule has 0 spiro atoms. The van der Waals surface area contributed by atoms with Gasteiger partial charge in [-0.2, -0.15) is 13.2 Å². The number of halogens is 4. The summed E-state index contributed by atoms with van der Waals surface area (Å²) in [5, 5.41) is 16.0. The van der Waals surface area contributed by atoms with Crippen LogP contribution in [0.5, 0.6) is 0 Å². The minimum absolute atomic E-state index is 0.0158. The molecular weight excluding hydrogens is 565 g/mol. The Hall–Kier alpha value is -4.09. The van der Waals surface area contributed by atoms with E-state index < -0.39 is 12.3 Å². The zero-order valence-electron chi connectivity index (χ0n) is 20.9. The van der Waals surface area contributed by atoms with Crippen molar-refractivity contribution >= 4 is 56.9 Å². The largest absolute Gasteiger partial charge is 0.482 e. The van der Waals surface area contributed by atoms with Gasteiger partial charge in [-0.15, -0.1) is 11.3 Å². The van der Waals surface area contributed by atoms with Crippen LogP contribution in [-0.4, -0.2) is 34.8 Å². The molecule has 1 heterocycles. The molecule has 0 saturated heterocycles. The highest BCUT2D eigenvalue weighted by atomic mass is 35.5. The fourth-order valence-corrected chi connectivity index (χ4v) is 4.86. The molecule has 0 bridgehead atoms. The lowest BCUT2D eigenvalue weighted by atomic mass is 10.1. The first-order valence-electron chi connectivity index (χ1n) is 12.1. The number of hydrogen-bond donors (Lipinski definition) is 3. The molecule has 0 atom stereocenters. The third kappa shape index (κ3) is 8.20. The number of alkyl halides is 3. The van der Waals surface area contributed by atoms with Crippen molar-refractivity contribution in [3.05, 3.63) is 100 Å². The van der Waals surface area contributed by atoms with Gasteiger partial charge in [0.1, 0.15) is 0 Å². The van der Waals surface area contributed by atoms with E-state index in [0.717, 1.165) is 11.1 Å². The molecule has 1 aliphatic carbocycles. The van der Waals surface area contributed by atoms with Crippen molar-refractivity contribution < 1.29 is 27.9 Å². The number of nitrogens with one attached hydrogen (secondary N) is 2. The average molecular weight is 589 g/mol. The number of carbonyl (C=O) groups excluding carboxylic acids is 1. The maximum Gasteiger partial charge on any atom is 0.482 e. The smallest absolute Gasteiger partial charge is 0.481 e. The van der Waals surface area contributed by atoms with Crippen molar-refractivity contribution in [2.45, 2.75) is 25.7 Å². The van der Waals surface area contributed by atoms with Crippen LogP contribution in [0.3, 0.4) is 0 Å². The van der Waals surface area contributed by atoms with Crippen molar-refractivity contribution in [3.8, 4) is 0 Å². The highest BCUT2D eigenvalue weighted by Gasteiger charge is 2.27. The number of thiazole rings is 1. The average Bonchev–Trinajstić information content (AvgIpc) is 3.28. The molecule has 0 fully saturated rings. The Labute approximate surface area is 237 Å². The van der Waals surface area contributed by atoms with Crippen LogP contribution in [0.25, 0.3) is 5.57 Å². The first-order valence-corrected chi connectivity index (χ1v) is 13.3. The summed E-state index contributed by atoms with van der Waals surface area (Å²) >= 11 is 7.65. The van der Waals surface area contributed by atoms with Gasteiger partial charge in [-0.25, -0.2) is 4.98 Å². The summed E-state index contributed by atoms with van der Waals surface area (Å²) in [4.78, 5) is 29.6. The van der Waals surface area contributed by atoms with E-state index >= 15 is 0 Å². The molecule has 3 aromatic rings.